The molecule has 0 saturated heterocycles. The number of aliphatic hydroxyl groups is 1. The topological polar surface area (TPSA) is 57.6 Å². The van der Waals surface area contributed by atoms with E-state index in [-0.39, 0.29) is 17.5 Å². The van der Waals surface area contributed by atoms with Gasteiger partial charge in [-0.05, 0) is 32.0 Å². The number of benzene rings is 1. The van der Waals surface area contributed by atoms with Crippen molar-refractivity contribution >= 4 is 10.0 Å². The predicted octanol–water partition coefficient (Wildman–Crippen LogP) is 1.20. The fraction of sp³-hybridized carbons (Fsp3) is 0.385. The third-order valence-corrected chi connectivity index (χ3v) is 4.69. The Morgan fingerprint density at radius 1 is 1.42 bits per heavy atom. The van der Waals surface area contributed by atoms with Gasteiger partial charge in [0.05, 0.1) is 0 Å². The Hall–Kier alpha value is -1.42. The van der Waals surface area contributed by atoms with E-state index in [1.165, 1.54) is 19.2 Å². The van der Waals surface area contributed by atoms with E-state index in [2.05, 4.69) is 11.8 Å². The summed E-state index contributed by atoms with van der Waals surface area (Å²) in [7, 11) is -2.44. The molecule has 0 aliphatic heterocycles. The first-order valence-electron chi connectivity index (χ1n) is 5.68. The standard InChI is InChI=1S/C13H16FNO3S/c1-10(2)15(3)19(17,18)13-7-6-11(5-4-8-16)9-12(13)14/h6-7,9-10,16H,8H2,1-3H3. The van der Waals surface area contributed by atoms with Crippen LogP contribution in [0.3, 0.4) is 0 Å². The number of sulfonamides is 1. The maximum Gasteiger partial charge on any atom is 0.245 e. The predicted molar refractivity (Wildman–Crippen MR) is 70.4 cm³/mol. The monoisotopic (exact) mass is 285 g/mol. The Bertz CT molecular complexity index is 615. The minimum Gasteiger partial charge on any atom is -0.384 e. The van der Waals surface area contributed by atoms with Gasteiger partial charge in [0.2, 0.25) is 10.0 Å². The summed E-state index contributed by atoms with van der Waals surface area (Å²) in [5.74, 6) is 4.04. The molecule has 1 aromatic rings. The molecule has 0 radical (unpaired) electrons. The molecule has 0 unspecified atom stereocenters. The highest BCUT2D eigenvalue weighted by Crippen LogP contribution is 2.20. The Labute approximate surface area is 112 Å². The van der Waals surface area contributed by atoms with E-state index < -0.39 is 15.8 Å². The third-order valence-electron chi connectivity index (χ3n) is 2.63. The summed E-state index contributed by atoms with van der Waals surface area (Å²) in [5.41, 5.74) is 0.317. The summed E-state index contributed by atoms with van der Waals surface area (Å²) >= 11 is 0. The van der Waals surface area contributed by atoms with Crippen LogP contribution in [0.25, 0.3) is 0 Å². The van der Waals surface area contributed by atoms with Crippen molar-refractivity contribution in [1.82, 2.24) is 4.31 Å². The van der Waals surface area contributed by atoms with Crippen molar-refractivity contribution < 1.29 is 17.9 Å². The van der Waals surface area contributed by atoms with Gasteiger partial charge in [-0.2, -0.15) is 4.31 Å². The summed E-state index contributed by atoms with van der Waals surface area (Å²) in [6, 6.07) is 3.37. The molecule has 104 valence electrons. The zero-order valence-electron chi connectivity index (χ0n) is 11.0. The van der Waals surface area contributed by atoms with Crippen LogP contribution >= 0.6 is 0 Å². The SMILES string of the molecule is CC(C)N(C)S(=O)(=O)c1ccc(C#CCO)cc1F. The van der Waals surface area contributed by atoms with E-state index in [1.54, 1.807) is 13.8 Å². The minimum absolute atomic E-state index is 0.266. The molecular weight excluding hydrogens is 269 g/mol. The molecule has 0 amide bonds. The lowest BCUT2D eigenvalue weighted by atomic mass is 10.2. The average Bonchev–Trinajstić information content (AvgIpc) is 2.34. The molecular formula is C13H16FNO3S. The zero-order valence-corrected chi connectivity index (χ0v) is 11.8. The lowest BCUT2D eigenvalue weighted by molar-refractivity contribution is 0.350. The van der Waals surface area contributed by atoms with Gasteiger partial charge in [0.25, 0.3) is 0 Å². The summed E-state index contributed by atoms with van der Waals surface area (Å²) in [6.45, 7) is 3.07. The number of halogens is 1. The van der Waals surface area contributed by atoms with Gasteiger partial charge in [0.15, 0.2) is 0 Å². The number of nitrogens with zero attached hydrogens (tertiary/aromatic N) is 1. The summed E-state index contributed by atoms with van der Waals surface area (Å²) in [5, 5.41) is 8.54. The van der Waals surface area contributed by atoms with Gasteiger partial charge in [0, 0.05) is 18.7 Å². The van der Waals surface area contributed by atoms with Crippen LogP contribution < -0.4 is 0 Å². The molecule has 0 atom stereocenters. The highest BCUT2D eigenvalue weighted by Gasteiger charge is 2.26. The maximum atomic E-state index is 13.9. The molecule has 0 aliphatic carbocycles. The first-order chi connectivity index (χ1) is 8.80. The Balaban J connectivity index is 3.23. The Kier molecular flexibility index (Phi) is 5.06. The smallest absolute Gasteiger partial charge is 0.245 e. The molecule has 0 spiro atoms. The van der Waals surface area contributed by atoms with Crippen LogP contribution in [0.1, 0.15) is 19.4 Å². The van der Waals surface area contributed by atoms with Crippen LogP contribution in [-0.4, -0.2) is 37.5 Å². The molecule has 4 nitrogen and oxygen atoms in total. The third kappa shape index (κ3) is 3.53. The van der Waals surface area contributed by atoms with Gasteiger partial charge in [-0.1, -0.05) is 11.8 Å². The number of hydrogen-bond acceptors (Lipinski definition) is 3. The van der Waals surface area contributed by atoms with E-state index in [0.717, 1.165) is 10.4 Å². The molecule has 6 heteroatoms. The van der Waals surface area contributed by atoms with Gasteiger partial charge in [0.1, 0.15) is 17.3 Å². The van der Waals surface area contributed by atoms with E-state index >= 15 is 0 Å². The first-order valence-corrected chi connectivity index (χ1v) is 7.12. The van der Waals surface area contributed by atoms with Gasteiger partial charge in [-0.15, -0.1) is 0 Å². The lowest BCUT2D eigenvalue weighted by Gasteiger charge is -2.21. The second-order valence-corrected chi connectivity index (χ2v) is 6.19. The van der Waals surface area contributed by atoms with Crippen molar-refractivity contribution in [3.05, 3.63) is 29.6 Å². The minimum atomic E-state index is -3.85. The van der Waals surface area contributed by atoms with Crippen molar-refractivity contribution in [3.8, 4) is 11.8 Å². The molecule has 19 heavy (non-hydrogen) atoms. The summed E-state index contributed by atoms with van der Waals surface area (Å²) < 4.78 is 39.2. The zero-order chi connectivity index (χ0) is 14.6. The summed E-state index contributed by atoms with van der Waals surface area (Å²) in [6.07, 6.45) is 0. The number of aliphatic hydroxyl groups excluding tert-OH is 1. The fourth-order valence-corrected chi connectivity index (χ4v) is 2.77. The fourth-order valence-electron chi connectivity index (χ4n) is 1.36. The highest BCUT2D eigenvalue weighted by molar-refractivity contribution is 7.89. The molecule has 1 aromatic carbocycles. The van der Waals surface area contributed by atoms with Crippen LogP contribution in [0, 0.1) is 17.7 Å². The molecule has 1 rings (SSSR count). The van der Waals surface area contributed by atoms with Crippen LogP contribution in [-0.2, 0) is 10.0 Å². The lowest BCUT2D eigenvalue weighted by Crippen LogP contribution is -2.33. The van der Waals surface area contributed by atoms with Gasteiger partial charge < -0.3 is 5.11 Å². The Morgan fingerprint density at radius 3 is 2.53 bits per heavy atom. The van der Waals surface area contributed by atoms with Crippen molar-refractivity contribution in [2.24, 2.45) is 0 Å². The maximum absolute atomic E-state index is 13.9. The van der Waals surface area contributed by atoms with Gasteiger partial charge in [-0.3, -0.25) is 0 Å². The van der Waals surface area contributed by atoms with Crippen LogP contribution in [0.2, 0.25) is 0 Å². The molecule has 0 heterocycles. The van der Waals surface area contributed by atoms with Crippen molar-refractivity contribution in [1.29, 1.82) is 0 Å². The molecule has 0 aromatic heterocycles. The van der Waals surface area contributed by atoms with Crippen LogP contribution in [0.4, 0.5) is 4.39 Å². The van der Waals surface area contributed by atoms with Crippen molar-refractivity contribution in [2.75, 3.05) is 13.7 Å². The van der Waals surface area contributed by atoms with Crippen molar-refractivity contribution in [3.63, 3.8) is 0 Å². The van der Waals surface area contributed by atoms with Gasteiger partial charge >= 0.3 is 0 Å². The second kappa shape index (κ2) is 6.15. The molecule has 0 aliphatic rings. The molecule has 1 N–H and O–H groups in total. The van der Waals surface area contributed by atoms with Crippen LogP contribution in [0.5, 0.6) is 0 Å². The van der Waals surface area contributed by atoms with Gasteiger partial charge in [-0.25, -0.2) is 12.8 Å². The average molecular weight is 285 g/mol. The molecule has 0 saturated carbocycles. The first kappa shape index (κ1) is 15.6. The number of rotatable bonds is 3. The van der Waals surface area contributed by atoms with Crippen molar-refractivity contribution in [2.45, 2.75) is 24.8 Å². The molecule has 0 bridgehead atoms. The Morgan fingerprint density at radius 2 is 2.05 bits per heavy atom. The molecule has 0 fully saturated rings. The van der Waals surface area contributed by atoms with E-state index in [4.69, 9.17) is 5.11 Å². The summed E-state index contributed by atoms with van der Waals surface area (Å²) in [4.78, 5) is -0.377. The quantitative estimate of drug-likeness (QED) is 0.849. The second-order valence-electron chi connectivity index (χ2n) is 4.22. The van der Waals surface area contributed by atoms with E-state index in [1.807, 2.05) is 0 Å². The number of hydrogen-bond donors (Lipinski definition) is 1. The van der Waals surface area contributed by atoms with E-state index in [0.29, 0.717) is 5.56 Å². The van der Waals surface area contributed by atoms with E-state index in [9.17, 15) is 12.8 Å². The largest absolute Gasteiger partial charge is 0.384 e. The van der Waals surface area contributed by atoms with Crippen LogP contribution in [0.15, 0.2) is 23.1 Å². The normalized spacial score (nSPS) is 11.5. The highest BCUT2D eigenvalue weighted by atomic mass is 32.2.